The number of hydrogen-bond donors (Lipinski definition) is 0. The number of rotatable bonds is 3. The maximum absolute atomic E-state index is 6.86. The molecule has 11 rings (SSSR count). The van der Waals surface area contributed by atoms with Crippen molar-refractivity contribution in [3.63, 3.8) is 0 Å². The number of fused-ring (bicyclic) bond motifs is 14. The first-order valence-corrected chi connectivity index (χ1v) is 18.4. The van der Waals surface area contributed by atoms with Crippen LogP contribution in [0.2, 0.25) is 0 Å². The lowest BCUT2D eigenvalue weighted by atomic mass is 9.79. The van der Waals surface area contributed by atoms with E-state index in [1.54, 1.807) is 0 Å². The van der Waals surface area contributed by atoms with E-state index in [4.69, 9.17) is 4.42 Å². The molecule has 0 saturated carbocycles. The molecule has 9 aromatic rings. The van der Waals surface area contributed by atoms with Crippen LogP contribution in [0.3, 0.4) is 0 Å². The summed E-state index contributed by atoms with van der Waals surface area (Å²) >= 11 is 0. The van der Waals surface area contributed by atoms with E-state index >= 15 is 0 Å². The Morgan fingerprint density at radius 3 is 1.92 bits per heavy atom. The summed E-state index contributed by atoms with van der Waals surface area (Å²) in [6, 6.07) is 56.0. The van der Waals surface area contributed by atoms with Gasteiger partial charge in [0.25, 0.3) is 0 Å². The van der Waals surface area contributed by atoms with E-state index in [1.165, 1.54) is 76.8 Å². The number of benzene rings is 8. The normalized spacial score (nSPS) is 14.8. The number of hydrogen-bond acceptors (Lipinski definition) is 2. The summed E-state index contributed by atoms with van der Waals surface area (Å²) in [7, 11) is 0. The van der Waals surface area contributed by atoms with Crippen LogP contribution in [0.5, 0.6) is 0 Å². The van der Waals surface area contributed by atoms with E-state index in [-0.39, 0.29) is 10.8 Å². The van der Waals surface area contributed by atoms with Gasteiger partial charge in [-0.15, -0.1) is 0 Å². The Labute approximate surface area is 303 Å². The molecule has 2 aliphatic carbocycles. The second-order valence-corrected chi connectivity index (χ2v) is 15.7. The van der Waals surface area contributed by atoms with Gasteiger partial charge in [0.1, 0.15) is 11.2 Å². The average Bonchev–Trinajstić information content (AvgIpc) is 3.75. The van der Waals surface area contributed by atoms with Crippen molar-refractivity contribution in [1.82, 2.24) is 0 Å². The van der Waals surface area contributed by atoms with Crippen molar-refractivity contribution in [2.75, 3.05) is 4.90 Å². The highest BCUT2D eigenvalue weighted by Crippen LogP contribution is 2.57. The molecule has 0 saturated heterocycles. The van der Waals surface area contributed by atoms with Gasteiger partial charge in [-0.1, -0.05) is 137 Å². The van der Waals surface area contributed by atoms with Crippen LogP contribution in [0, 0.1) is 0 Å². The lowest BCUT2D eigenvalue weighted by Crippen LogP contribution is -2.17. The lowest BCUT2D eigenvalue weighted by Gasteiger charge is -2.29. The Morgan fingerprint density at radius 1 is 0.442 bits per heavy atom. The molecule has 0 radical (unpaired) electrons. The van der Waals surface area contributed by atoms with Gasteiger partial charge in [-0.05, 0) is 103 Å². The third-order valence-electron chi connectivity index (χ3n) is 12.2. The summed E-state index contributed by atoms with van der Waals surface area (Å²) in [5.74, 6) is 0. The number of nitrogens with zero attached hydrogens (tertiary/aromatic N) is 1. The zero-order valence-corrected chi connectivity index (χ0v) is 29.8. The van der Waals surface area contributed by atoms with Crippen LogP contribution >= 0.6 is 0 Å². The minimum atomic E-state index is -0.215. The first kappa shape index (κ1) is 29.6. The van der Waals surface area contributed by atoms with Crippen LogP contribution in [0.4, 0.5) is 17.1 Å². The largest absolute Gasteiger partial charge is 0.455 e. The second-order valence-electron chi connectivity index (χ2n) is 15.7. The van der Waals surface area contributed by atoms with E-state index in [0.717, 1.165) is 28.2 Å². The molecule has 0 atom stereocenters. The van der Waals surface area contributed by atoms with Crippen molar-refractivity contribution < 1.29 is 4.42 Å². The zero-order valence-electron chi connectivity index (χ0n) is 29.8. The highest BCUT2D eigenvalue weighted by Gasteiger charge is 2.41. The molecule has 2 aliphatic rings. The maximum Gasteiger partial charge on any atom is 0.144 e. The van der Waals surface area contributed by atoms with Gasteiger partial charge in [0.15, 0.2) is 0 Å². The molecular formula is C50H37NO. The number of para-hydroxylation sites is 1. The predicted molar refractivity (Wildman–Crippen MR) is 219 cm³/mol. The highest BCUT2D eigenvalue weighted by molar-refractivity contribution is 6.25. The molecule has 0 bridgehead atoms. The summed E-state index contributed by atoms with van der Waals surface area (Å²) in [4.78, 5) is 2.45. The molecule has 0 aliphatic heterocycles. The maximum atomic E-state index is 6.86. The fourth-order valence-electron chi connectivity index (χ4n) is 9.71. The van der Waals surface area contributed by atoms with E-state index < -0.39 is 0 Å². The fraction of sp³-hybridized carbons (Fsp3) is 0.120. The summed E-state index contributed by atoms with van der Waals surface area (Å²) < 4.78 is 6.86. The van der Waals surface area contributed by atoms with Gasteiger partial charge >= 0.3 is 0 Å². The van der Waals surface area contributed by atoms with Gasteiger partial charge < -0.3 is 9.32 Å². The van der Waals surface area contributed by atoms with Crippen LogP contribution < -0.4 is 4.90 Å². The first-order chi connectivity index (χ1) is 25.3. The predicted octanol–water partition coefficient (Wildman–Crippen LogP) is 14.0. The standard InChI is InChI=1S/C50H37NO/c1-49(2)41-19-11-9-15-35(41)36-25-23-34(29-43(36)49)51(32-22-21-30-13-5-6-14-31(30)27-32)33-24-26-42-40(28-33)46-47(50(42,3)4)38-17-8-7-16-37(38)45-39-18-10-12-20-44(39)52-48(45)46/h5-29H,1-4H3. The van der Waals surface area contributed by atoms with Crippen LogP contribution in [0.1, 0.15) is 49.9 Å². The van der Waals surface area contributed by atoms with Gasteiger partial charge in [-0.25, -0.2) is 0 Å². The van der Waals surface area contributed by atoms with Gasteiger partial charge in [0.05, 0.1) is 0 Å². The fourth-order valence-corrected chi connectivity index (χ4v) is 9.71. The Balaban J connectivity index is 1.19. The Bertz CT molecular complexity index is 2980. The smallest absolute Gasteiger partial charge is 0.144 e. The van der Waals surface area contributed by atoms with Crippen molar-refractivity contribution >= 4 is 60.5 Å². The molecule has 1 heterocycles. The van der Waals surface area contributed by atoms with E-state index in [9.17, 15) is 0 Å². The van der Waals surface area contributed by atoms with E-state index in [0.29, 0.717) is 0 Å². The van der Waals surface area contributed by atoms with Crippen molar-refractivity contribution in [2.45, 2.75) is 38.5 Å². The van der Waals surface area contributed by atoms with Gasteiger partial charge in [-0.2, -0.15) is 0 Å². The minimum Gasteiger partial charge on any atom is -0.455 e. The molecule has 248 valence electrons. The Kier molecular flexibility index (Phi) is 5.83. The third kappa shape index (κ3) is 3.84. The SMILES string of the molecule is CC1(C)c2ccccc2-c2ccc(N(c3ccc4c(c3)-c3c(c5ccccc5c5c3oc3ccccc35)C4(C)C)c3ccc4ccccc4c3)cc21. The quantitative estimate of drug-likeness (QED) is 0.186. The lowest BCUT2D eigenvalue weighted by molar-refractivity contribution is 0.657. The molecule has 1 aromatic heterocycles. The zero-order chi connectivity index (χ0) is 34.9. The summed E-state index contributed by atoms with van der Waals surface area (Å²) in [6.45, 7) is 9.47. The number of furan rings is 1. The van der Waals surface area contributed by atoms with Crippen molar-refractivity contribution in [3.8, 4) is 22.3 Å². The summed E-state index contributed by atoms with van der Waals surface area (Å²) in [5, 5.41) is 7.37. The van der Waals surface area contributed by atoms with Crippen LogP contribution in [-0.4, -0.2) is 0 Å². The molecule has 0 fully saturated rings. The van der Waals surface area contributed by atoms with Crippen molar-refractivity contribution in [2.24, 2.45) is 0 Å². The Hall–Kier alpha value is -6.12. The van der Waals surface area contributed by atoms with Gasteiger partial charge in [0, 0.05) is 44.2 Å². The first-order valence-electron chi connectivity index (χ1n) is 18.4. The van der Waals surface area contributed by atoms with Crippen LogP contribution in [0.25, 0.3) is 65.7 Å². The molecular weight excluding hydrogens is 631 g/mol. The number of anilines is 3. The van der Waals surface area contributed by atoms with Crippen molar-refractivity contribution in [1.29, 1.82) is 0 Å². The van der Waals surface area contributed by atoms with Gasteiger partial charge in [-0.3, -0.25) is 0 Å². The van der Waals surface area contributed by atoms with E-state index in [2.05, 4.69) is 184 Å². The summed E-state index contributed by atoms with van der Waals surface area (Å²) in [5.41, 5.74) is 15.5. The summed E-state index contributed by atoms with van der Waals surface area (Å²) in [6.07, 6.45) is 0. The van der Waals surface area contributed by atoms with Crippen molar-refractivity contribution in [3.05, 3.63) is 174 Å². The van der Waals surface area contributed by atoms with Crippen LogP contribution in [0.15, 0.2) is 156 Å². The molecule has 52 heavy (non-hydrogen) atoms. The van der Waals surface area contributed by atoms with Crippen LogP contribution in [-0.2, 0) is 10.8 Å². The Morgan fingerprint density at radius 2 is 1.06 bits per heavy atom. The monoisotopic (exact) mass is 667 g/mol. The van der Waals surface area contributed by atoms with E-state index in [1.807, 2.05) is 0 Å². The minimum absolute atomic E-state index is 0.105. The molecule has 0 spiro atoms. The third-order valence-corrected chi connectivity index (χ3v) is 12.2. The molecule has 2 nitrogen and oxygen atoms in total. The molecule has 0 amide bonds. The molecule has 2 heteroatoms. The topological polar surface area (TPSA) is 16.4 Å². The highest BCUT2D eigenvalue weighted by atomic mass is 16.3. The molecule has 0 N–H and O–H groups in total. The second kappa shape index (κ2) is 10.2. The molecule has 0 unspecified atom stereocenters. The van der Waals surface area contributed by atoms with Gasteiger partial charge in [0.2, 0.25) is 0 Å². The molecule has 8 aromatic carbocycles. The average molecular weight is 668 g/mol.